The molecular weight excluding hydrogens is 426 g/mol. The predicted molar refractivity (Wildman–Crippen MR) is 122 cm³/mol. The summed E-state index contributed by atoms with van der Waals surface area (Å²) in [5.74, 6) is -1.66. The number of Topliss-reactive ketones (excluding diaryl/α,β-unsaturated/α-hetero) is 1. The number of aliphatic imine (C=N–C) groups is 1. The monoisotopic (exact) mass is 453 g/mol. The van der Waals surface area contributed by atoms with Crippen molar-refractivity contribution in [2.45, 2.75) is 31.5 Å². The van der Waals surface area contributed by atoms with Crippen LogP contribution < -0.4 is 22.1 Å². The van der Waals surface area contributed by atoms with Gasteiger partial charge in [0.1, 0.15) is 12.6 Å². The Bertz CT molecular complexity index is 962. The molecule has 33 heavy (non-hydrogen) atoms. The number of carbonyl (C=O) groups excluding carboxylic acids is 4. The van der Waals surface area contributed by atoms with Gasteiger partial charge in [0.15, 0.2) is 12.2 Å². The molecule has 6 N–H and O–H groups in total. The maximum absolute atomic E-state index is 13.0. The van der Waals surface area contributed by atoms with Gasteiger partial charge in [0, 0.05) is 13.0 Å². The van der Waals surface area contributed by atoms with E-state index >= 15 is 0 Å². The molecule has 0 heterocycles. The molecule has 2 rings (SSSR count). The fraction of sp³-hybridized carbons (Fsp3) is 0.261. The van der Waals surface area contributed by atoms with Gasteiger partial charge < -0.3 is 26.8 Å². The van der Waals surface area contributed by atoms with Crippen LogP contribution in [0.2, 0.25) is 0 Å². The molecule has 10 heteroatoms. The Kier molecular flexibility index (Phi) is 10.1. The summed E-state index contributed by atoms with van der Waals surface area (Å²) in [4.78, 5) is 52.1. The Morgan fingerprint density at radius 1 is 0.909 bits per heavy atom. The SMILES string of the molecule is NC(N)=NCC[C@H](NC(=O)[C@H](Cc1ccccc1)NC(=O)OCc1ccccc1)C(=O)C=O. The zero-order valence-electron chi connectivity index (χ0n) is 18.0. The van der Waals surface area contributed by atoms with Crippen LogP contribution >= 0.6 is 0 Å². The summed E-state index contributed by atoms with van der Waals surface area (Å²) in [5, 5.41) is 5.03. The molecule has 174 valence electrons. The summed E-state index contributed by atoms with van der Waals surface area (Å²) >= 11 is 0. The van der Waals surface area contributed by atoms with Crippen LogP contribution in [0.3, 0.4) is 0 Å². The Morgan fingerprint density at radius 2 is 1.52 bits per heavy atom. The minimum absolute atomic E-state index is 0.0116. The van der Waals surface area contributed by atoms with E-state index in [4.69, 9.17) is 16.2 Å². The molecule has 0 saturated heterocycles. The third-order valence-electron chi connectivity index (χ3n) is 4.59. The maximum atomic E-state index is 13.0. The molecule has 0 aliphatic rings. The number of aldehydes is 1. The van der Waals surface area contributed by atoms with Crippen molar-refractivity contribution in [1.29, 1.82) is 0 Å². The van der Waals surface area contributed by atoms with Gasteiger partial charge in [0.2, 0.25) is 11.7 Å². The first-order valence-corrected chi connectivity index (χ1v) is 10.2. The zero-order valence-corrected chi connectivity index (χ0v) is 18.0. The van der Waals surface area contributed by atoms with E-state index in [0.29, 0.717) is 0 Å². The van der Waals surface area contributed by atoms with E-state index in [0.717, 1.165) is 11.1 Å². The van der Waals surface area contributed by atoms with Gasteiger partial charge in [-0.15, -0.1) is 0 Å². The second kappa shape index (κ2) is 13.3. The molecule has 0 radical (unpaired) electrons. The minimum Gasteiger partial charge on any atom is -0.445 e. The van der Waals surface area contributed by atoms with Crippen LogP contribution in [-0.2, 0) is 32.1 Å². The fourth-order valence-corrected chi connectivity index (χ4v) is 2.93. The first-order chi connectivity index (χ1) is 15.9. The largest absolute Gasteiger partial charge is 0.445 e. The molecule has 0 saturated carbocycles. The van der Waals surface area contributed by atoms with Crippen LogP contribution in [0.4, 0.5) is 4.79 Å². The van der Waals surface area contributed by atoms with Crippen molar-refractivity contribution in [3.05, 3.63) is 71.8 Å². The third-order valence-corrected chi connectivity index (χ3v) is 4.59. The molecule has 2 aromatic carbocycles. The number of benzene rings is 2. The molecule has 2 amide bonds. The summed E-state index contributed by atoms with van der Waals surface area (Å²) in [6.45, 7) is 0.0554. The molecule has 0 unspecified atom stereocenters. The fourth-order valence-electron chi connectivity index (χ4n) is 2.93. The zero-order chi connectivity index (χ0) is 24.1. The van der Waals surface area contributed by atoms with Gasteiger partial charge in [-0.25, -0.2) is 4.79 Å². The highest BCUT2D eigenvalue weighted by Crippen LogP contribution is 2.06. The van der Waals surface area contributed by atoms with E-state index in [2.05, 4.69) is 15.6 Å². The number of ether oxygens (including phenoxy) is 1. The quantitative estimate of drug-likeness (QED) is 0.157. The average molecular weight is 453 g/mol. The van der Waals surface area contributed by atoms with Gasteiger partial charge in [0.25, 0.3) is 0 Å². The van der Waals surface area contributed by atoms with Crippen molar-refractivity contribution < 1.29 is 23.9 Å². The van der Waals surface area contributed by atoms with Crippen LogP contribution in [0, 0.1) is 0 Å². The van der Waals surface area contributed by atoms with Gasteiger partial charge >= 0.3 is 6.09 Å². The number of amides is 2. The van der Waals surface area contributed by atoms with Crippen LogP contribution in [0.15, 0.2) is 65.7 Å². The molecule has 0 aromatic heterocycles. The summed E-state index contributed by atoms with van der Waals surface area (Å²) in [6, 6.07) is 15.9. The second-order valence-electron chi connectivity index (χ2n) is 7.13. The number of nitrogens with one attached hydrogen (secondary N) is 2. The Hall–Kier alpha value is -4.21. The summed E-state index contributed by atoms with van der Waals surface area (Å²) < 4.78 is 5.21. The number of carbonyl (C=O) groups is 4. The molecule has 0 aliphatic heterocycles. The lowest BCUT2D eigenvalue weighted by molar-refractivity contribution is -0.133. The van der Waals surface area contributed by atoms with Crippen molar-refractivity contribution in [2.24, 2.45) is 16.5 Å². The molecule has 0 fully saturated rings. The van der Waals surface area contributed by atoms with Gasteiger partial charge in [-0.2, -0.15) is 0 Å². The number of ketones is 1. The van der Waals surface area contributed by atoms with E-state index in [9.17, 15) is 19.2 Å². The van der Waals surface area contributed by atoms with Crippen molar-refractivity contribution >= 4 is 30.0 Å². The van der Waals surface area contributed by atoms with Crippen molar-refractivity contribution in [3.8, 4) is 0 Å². The number of hydrogen-bond donors (Lipinski definition) is 4. The first-order valence-electron chi connectivity index (χ1n) is 10.2. The Morgan fingerprint density at radius 3 is 2.09 bits per heavy atom. The van der Waals surface area contributed by atoms with E-state index in [1.165, 1.54) is 0 Å². The summed E-state index contributed by atoms with van der Waals surface area (Å²) in [6.07, 6.45) is -0.525. The van der Waals surface area contributed by atoms with Crippen LogP contribution in [0.5, 0.6) is 0 Å². The molecular formula is C23H27N5O5. The Labute approximate surface area is 191 Å². The molecule has 2 atom stereocenters. The van der Waals surface area contributed by atoms with Gasteiger partial charge in [-0.1, -0.05) is 60.7 Å². The minimum atomic E-state index is -1.14. The van der Waals surface area contributed by atoms with Gasteiger partial charge in [-0.3, -0.25) is 19.4 Å². The molecule has 0 spiro atoms. The van der Waals surface area contributed by atoms with Crippen LogP contribution in [-0.4, -0.2) is 48.7 Å². The smallest absolute Gasteiger partial charge is 0.408 e. The van der Waals surface area contributed by atoms with E-state index in [1.54, 1.807) is 36.4 Å². The second-order valence-corrected chi connectivity index (χ2v) is 7.13. The number of guanidine groups is 1. The molecule has 10 nitrogen and oxygen atoms in total. The van der Waals surface area contributed by atoms with E-state index in [1.807, 2.05) is 24.3 Å². The summed E-state index contributed by atoms with van der Waals surface area (Å²) in [5.41, 5.74) is 12.1. The van der Waals surface area contributed by atoms with Crippen molar-refractivity contribution in [3.63, 3.8) is 0 Å². The van der Waals surface area contributed by atoms with E-state index in [-0.39, 0.29) is 38.2 Å². The first kappa shape index (κ1) is 25.1. The van der Waals surface area contributed by atoms with Gasteiger partial charge in [0.05, 0.1) is 6.04 Å². The lowest BCUT2D eigenvalue weighted by Crippen LogP contribution is -2.53. The highest BCUT2D eigenvalue weighted by atomic mass is 16.5. The van der Waals surface area contributed by atoms with E-state index < -0.39 is 29.9 Å². The van der Waals surface area contributed by atoms with Crippen LogP contribution in [0.25, 0.3) is 0 Å². The van der Waals surface area contributed by atoms with Crippen molar-refractivity contribution in [1.82, 2.24) is 10.6 Å². The standard InChI is InChI=1S/C23H27N5O5/c24-22(25)26-12-11-18(20(30)14-29)27-21(31)19(13-16-7-3-1-4-8-16)28-23(32)33-15-17-9-5-2-6-10-17/h1-10,14,18-19H,11-13,15H2,(H,27,31)(H,28,32)(H4,24,25,26)/t18-,19-/m0/s1. The number of nitrogens with zero attached hydrogens (tertiary/aromatic N) is 1. The number of hydrogen-bond acceptors (Lipinski definition) is 6. The lowest BCUT2D eigenvalue weighted by atomic mass is 10.0. The maximum Gasteiger partial charge on any atom is 0.408 e. The highest BCUT2D eigenvalue weighted by Gasteiger charge is 2.27. The van der Waals surface area contributed by atoms with Gasteiger partial charge in [-0.05, 0) is 17.5 Å². The number of nitrogens with two attached hydrogens (primary N) is 2. The number of rotatable bonds is 12. The summed E-state index contributed by atoms with van der Waals surface area (Å²) in [7, 11) is 0. The topological polar surface area (TPSA) is 166 Å². The average Bonchev–Trinajstić information content (AvgIpc) is 2.82. The predicted octanol–water partition coefficient (Wildman–Crippen LogP) is 0.440. The lowest BCUT2D eigenvalue weighted by Gasteiger charge is -2.21. The molecule has 0 bridgehead atoms. The number of alkyl carbamates (subject to hydrolysis) is 1. The molecule has 2 aromatic rings. The highest BCUT2D eigenvalue weighted by molar-refractivity contribution is 6.28. The van der Waals surface area contributed by atoms with Crippen molar-refractivity contribution in [2.75, 3.05) is 6.54 Å². The van der Waals surface area contributed by atoms with Crippen LogP contribution in [0.1, 0.15) is 17.5 Å². The Balaban J connectivity index is 2.08. The molecule has 0 aliphatic carbocycles. The normalized spacial score (nSPS) is 12.0. The third kappa shape index (κ3) is 9.21.